The van der Waals surface area contributed by atoms with Crippen LogP contribution in [0.5, 0.6) is 17.2 Å². The monoisotopic (exact) mass is 270 g/mol. The Kier molecular flexibility index (Phi) is 3.06. The van der Waals surface area contributed by atoms with Crippen LogP contribution in [0.3, 0.4) is 0 Å². The van der Waals surface area contributed by atoms with Crippen molar-refractivity contribution in [1.82, 2.24) is 0 Å². The van der Waals surface area contributed by atoms with Crippen LogP contribution in [-0.2, 0) is 0 Å². The molecular weight excluding hydrogens is 256 g/mol. The number of hydrogen-bond acceptors (Lipinski definition) is 4. The minimum absolute atomic E-state index is 0.101. The van der Waals surface area contributed by atoms with Gasteiger partial charge in [0.2, 0.25) is 0 Å². The topological polar surface area (TPSA) is 55.8 Å². The average Bonchev–Trinajstić information content (AvgIpc) is 2.47. The van der Waals surface area contributed by atoms with Crippen LogP contribution in [0.15, 0.2) is 42.5 Å². The van der Waals surface area contributed by atoms with Crippen molar-refractivity contribution in [2.45, 2.75) is 12.5 Å². The molecular formula is C16H14O4. The molecule has 3 rings (SSSR count). The van der Waals surface area contributed by atoms with Gasteiger partial charge in [-0.3, -0.25) is 4.79 Å². The molecule has 0 amide bonds. The van der Waals surface area contributed by atoms with Gasteiger partial charge in [0.25, 0.3) is 0 Å². The molecule has 20 heavy (non-hydrogen) atoms. The number of phenols is 1. The summed E-state index contributed by atoms with van der Waals surface area (Å²) in [7, 11) is 1.50. The zero-order valence-electron chi connectivity index (χ0n) is 11.0. The van der Waals surface area contributed by atoms with Crippen molar-refractivity contribution in [3.05, 3.63) is 53.6 Å². The van der Waals surface area contributed by atoms with Crippen LogP contribution in [0.2, 0.25) is 0 Å². The molecule has 1 aliphatic heterocycles. The molecule has 4 heteroatoms. The minimum atomic E-state index is -0.331. The molecule has 1 N–H and O–H groups in total. The van der Waals surface area contributed by atoms with Gasteiger partial charge in [-0.15, -0.1) is 0 Å². The van der Waals surface area contributed by atoms with E-state index in [4.69, 9.17) is 9.47 Å². The van der Waals surface area contributed by atoms with E-state index in [0.717, 1.165) is 5.56 Å². The van der Waals surface area contributed by atoms with E-state index < -0.39 is 0 Å². The Balaban J connectivity index is 2.02. The highest BCUT2D eigenvalue weighted by Gasteiger charge is 2.30. The van der Waals surface area contributed by atoms with Crippen LogP contribution in [0.25, 0.3) is 0 Å². The predicted molar refractivity (Wildman–Crippen MR) is 73.4 cm³/mol. The molecule has 1 heterocycles. The number of phenolic OH excluding ortho intramolecular Hbond substituents is 1. The molecule has 1 aliphatic rings. The first-order valence-corrected chi connectivity index (χ1v) is 6.35. The standard InChI is InChI=1S/C16H14O4/c1-19-11-7-12(17)16-13(18)9-14(20-15(16)8-11)10-5-3-2-4-6-10/h2-8,14,17H,9H2,1H3. The first kappa shape index (κ1) is 12.5. The number of aromatic hydroxyl groups is 1. The summed E-state index contributed by atoms with van der Waals surface area (Å²) >= 11 is 0. The van der Waals surface area contributed by atoms with Gasteiger partial charge in [0, 0.05) is 12.1 Å². The zero-order valence-corrected chi connectivity index (χ0v) is 11.0. The summed E-state index contributed by atoms with van der Waals surface area (Å²) in [4.78, 5) is 12.2. The van der Waals surface area contributed by atoms with Crippen molar-refractivity contribution >= 4 is 5.78 Å². The maximum Gasteiger partial charge on any atom is 0.174 e. The van der Waals surface area contributed by atoms with Gasteiger partial charge in [-0.1, -0.05) is 30.3 Å². The van der Waals surface area contributed by atoms with Crippen molar-refractivity contribution in [2.24, 2.45) is 0 Å². The fourth-order valence-corrected chi connectivity index (χ4v) is 2.39. The van der Waals surface area contributed by atoms with Crippen molar-refractivity contribution in [3.8, 4) is 17.2 Å². The van der Waals surface area contributed by atoms with Gasteiger partial charge in [-0.05, 0) is 5.56 Å². The van der Waals surface area contributed by atoms with Crippen LogP contribution >= 0.6 is 0 Å². The molecule has 0 saturated heterocycles. The van der Waals surface area contributed by atoms with Gasteiger partial charge in [-0.2, -0.15) is 0 Å². The van der Waals surface area contributed by atoms with Gasteiger partial charge in [-0.25, -0.2) is 0 Å². The van der Waals surface area contributed by atoms with Gasteiger partial charge in [0.1, 0.15) is 28.9 Å². The van der Waals surface area contributed by atoms with E-state index in [1.807, 2.05) is 30.3 Å². The summed E-state index contributed by atoms with van der Waals surface area (Å²) < 4.78 is 10.9. The summed E-state index contributed by atoms with van der Waals surface area (Å²) in [5.74, 6) is 0.603. The molecule has 0 bridgehead atoms. The molecule has 2 aromatic carbocycles. The van der Waals surface area contributed by atoms with Crippen molar-refractivity contribution < 1.29 is 19.4 Å². The van der Waals surface area contributed by atoms with Crippen LogP contribution < -0.4 is 9.47 Å². The van der Waals surface area contributed by atoms with Gasteiger partial charge >= 0.3 is 0 Å². The third-order valence-corrected chi connectivity index (χ3v) is 3.38. The maximum absolute atomic E-state index is 12.2. The fourth-order valence-electron chi connectivity index (χ4n) is 2.39. The number of carbonyl (C=O) groups excluding carboxylic acids is 1. The molecule has 0 aromatic heterocycles. The molecule has 0 radical (unpaired) electrons. The van der Waals surface area contributed by atoms with E-state index in [1.54, 1.807) is 6.07 Å². The lowest BCUT2D eigenvalue weighted by Crippen LogP contribution is -2.20. The van der Waals surface area contributed by atoms with Crippen LogP contribution in [0.4, 0.5) is 0 Å². The summed E-state index contributed by atoms with van der Waals surface area (Å²) in [5, 5.41) is 9.91. The average molecular weight is 270 g/mol. The number of ether oxygens (including phenoxy) is 2. The highest BCUT2D eigenvalue weighted by atomic mass is 16.5. The second-order valence-corrected chi connectivity index (χ2v) is 4.66. The molecule has 1 unspecified atom stereocenters. The van der Waals surface area contributed by atoms with E-state index in [0.29, 0.717) is 11.5 Å². The number of carbonyl (C=O) groups is 1. The second-order valence-electron chi connectivity index (χ2n) is 4.66. The summed E-state index contributed by atoms with van der Waals surface area (Å²) in [6.45, 7) is 0. The maximum atomic E-state index is 12.2. The van der Waals surface area contributed by atoms with Gasteiger partial charge < -0.3 is 14.6 Å². The predicted octanol–water partition coefficient (Wildman–Crippen LogP) is 3.11. The molecule has 0 aliphatic carbocycles. The third-order valence-electron chi connectivity index (χ3n) is 3.38. The van der Waals surface area contributed by atoms with Crippen LogP contribution in [0.1, 0.15) is 28.4 Å². The number of benzene rings is 2. The number of rotatable bonds is 2. The molecule has 4 nitrogen and oxygen atoms in total. The van der Waals surface area contributed by atoms with Crippen LogP contribution in [0, 0.1) is 0 Å². The van der Waals surface area contributed by atoms with E-state index in [1.165, 1.54) is 13.2 Å². The third kappa shape index (κ3) is 2.09. The normalized spacial score (nSPS) is 17.2. The lowest BCUT2D eigenvalue weighted by molar-refractivity contribution is 0.0844. The SMILES string of the molecule is COc1cc(O)c2c(c1)OC(c1ccccc1)CC2=O. The Morgan fingerprint density at radius 3 is 2.70 bits per heavy atom. The zero-order chi connectivity index (χ0) is 14.1. The quantitative estimate of drug-likeness (QED) is 0.911. The van der Waals surface area contributed by atoms with E-state index in [2.05, 4.69) is 0 Å². The highest BCUT2D eigenvalue weighted by molar-refractivity contribution is 6.02. The van der Waals surface area contributed by atoms with Gasteiger partial charge in [0.15, 0.2) is 5.78 Å². The Morgan fingerprint density at radius 1 is 1.25 bits per heavy atom. The molecule has 0 saturated carbocycles. The largest absolute Gasteiger partial charge is 0.507 e. The van der Waals surface area contributed by atoms with Crippen molar-refractivity contribution in [1.29, 1.82) is 0 Å². The summed E-state index contributed by atoms with van der Waals surface area (Å²) in [5.41, 5.74) is 1.17. The van der Waals surface area contributed by atoms with Gasteiger partial charge in [0.05, 0.1) is 13.5 Å². The Morgan fingerprint density at radius 2 is 2.00 bits per heavy atom. The number of hydrogen-bond donors (Lipinski definition) is 1. The number of Topliss-reactive ketones (excluding diaryl/α,β-unsaturated/α-hetero) is 1. The molecule has 1 atom stereocenters. The Bertz CT molecular complexity index is 649. The molecule has 0 spiro atoms. The van der Waals surface area contributed by atoms with E-state index >= 15 is 0 Å². The number of methoxy groups -OCH3 is 1. The van der Waals surface area contributed by atoms with E-state index in [-0.39, 0.29) is 29.6 Å². The lowest BCUT2D eigenvalue weighted by atomic mass is 9.95. The number of fused-ring (bicyclic) bond motifs is 1. The highest BCUT2D eigenvalue weighted by Crippen LogP contribution is 2.41. The molecule has 102 valence electrons. The molecule has 0 fully saturated rings. The minimum Gasteiger partial charge on any atom is -0.507 e. The smallest absolute Gasteiger partial charge is 0.174 e. The number of ketones is 1. The lowest BCUT2D eigenvalue weighted by Gasteiger charge is -2.26. The van der Waals surface area contributed by atoms with Crippen molar-refractivity contribution in [3.63, 3.8) is 0 Å². The fraction of sp³-hybridized carbons (Fsp3) is 0.188. The van der Waals surface area contributed by atoms with E-state index in [9.17, 15) is 9.90 Å². The first-order valence-electron chi connectivity index (χ1n) is 6.35. The second kappa shape index (κ2) is 4.89. The summed E-state index contributed by atoms with van der Waals surface area (Å²) in [6.07, 6.45) is -0.112. The molecule has 2 aromatic rings. The van der Waals surface area contributed by atoms with Crippen LogP contribution in [-0.4, -0.2) is 18.0 Å². The Labute approximate surface area is 116 Å². The van der Waals surface area contributed by atoms with Crippen molar-refractivity contribution in [2.75, 3.05) is 7.11 Å². The Hall–Kier alpha value is -2.49. The first-order chi connectivity index (χ1) is 9.69. The summed E-state index contributed by atoms with van der Waals surface area (Å²) in [6, 6.07) is 12.6.